The number of carbonyl (C=O) groups is 2. The zero-order valence-electron chi connectivity index (χ0n) is 14.7. The summed E-state index contributed by atoms with van der Waals surface area (Å²) in [6.45, 7) is 0. The molecular formula is C22H16ClN3O2. The Balaban J connectivity index is 1.75. The average molecular weight is 390 g/mol. The molecule has 138 valence electrons. The number of benzene rings is 3. The molecule has 5 nitrogen and oxygen atoms in total. The van der Waals surface area contributed by atoms with E-state index >= 15 is 0 Å². The summed E-state index contributed by atoms with van der Waals surface area (Å²) in [6.07, 6.45) is -1.09. The third-order valence-electron chi connectivity index (χ3n) is 4.38. The number of hydrogen-bond donors (Lipinski definition) is 2. The van der Waals surface area contributed by atoms with Crippen molar-refractivity contribution in [3.8, 4) is 0 Å². The molecule has 0 saturated carbocycles. The van der Waals surface area contributed by atoms with Crippen LogP contribution in [0.3, 0.4) is 0 Å². The molecule has 0 spiro atoms. The molecule has 1 heterocycles. The van der Waals surface area contributed by atoms with Crippen LogP contribution in [0.2, 0.25) is 5.02 Å². The van der Waals surface area contributed by atoms with Crippen molar-refractivity contribution in [3.05, 3.63) is 101 Å². The van der Waals surface area contributed by atoms with Crippen LogP contribution in [-0.2, 0) is 4.79 Å². The van der Waals surface area contributed by atoms with Gasteiger partial charge in [0.15, 0.2) is 0 Å². The van der Waals surface area contributed by atoms with Gasteiger partial charge >= 0.3 is 0 Å². The fourth-order valence-corrected chi connectivity index (χ4v) is 3.25. The van der Waals surface area contributed by atoms with Crippen molar-refractivity contribution in [3.63, 3.8) is 0 Å². The van der Waals surface area contributed by atoms with E-state index in [0.717, 1.165) is 11.1 Å². The lowest BCUT2D eigenvalue weighted by molar-refractivity contribution is -0.117. The maximum atomic E-state index is 12.7. The minimum absolute atomic E-state index is 0.287. The van der Waals surface area contributed by atoms with Crippen molar-refractivity contribution < 1.29 is 9.59 Å². The van der Waals surface area contributed by atoms with Crippen LogP contribution < -0.4 is 10.6 Å². The molecule has 0 aromatic heterocycles. The topological polar surface area (TPSA) is 70.6 Å². The highest BCUT2D eigenvalue weighted by molar-refractivity contribution is 6.34. The zero-order valence-corrected chi connectivity index (χ0v) is 15.5. The lowest BCUT2D eigenvalue weighted by atomic mass is 10.0. The first-order valence-corrected chi connectivity index (χ1v) is 9.10. The second kappa shape index (κ2) is 7.66. The van der Waals surface area contributed by atoms with E-state index in [9.17, 15) is 9.59 Å². The highest BCUT2D eigenvalue weighted by atomic mass is 35.5. The van der Waals surface area contributed by atoms with Crippen molar-refractivity contribution in [2.24, 2.45) is 4.99 Å². The zero-order chi connectivity index (χ0) is 19.5. The summed E-state index contributed by atoms with van der Waals surface area (Å²) in [6, 6.07) is 23.6. The Hall–Kier alpha value is -3.44. The van der Waals surface area contributed by atoms with E-state index < -0.39 is 18.0 Å². The molecule has 3 aromatic carbocycles. The highest BCUT2D eigenvalue weighted by Crippen LogP contribution is 2.24. The summed E-state index contributed by atoms with van der Waals surface area (Å²) in [7, 11) is 0. The van der Waals surface area contributed by atoms with E-state index in [1.54, 1.807) is 24.3 Å². The molecule has 28 heavy (non-hydrogen) atoms. The lowest BCUT2D eigenvalue weighted by Gasteiger charge is -2.14. The number of carbonyl (C=O) groups excluding carboxylic acids is 2. The molecule has 0 saturated heterocycles. The fraction of sp³-hybridized carbons (Fsp3) is 0.0455. The number of amides is 2. The Labute approximate surface area is 167 Å². The van der Waals surface area contributed by atoms with Crippen LogP contribution in [0.15, 0.2) is 83.9 Å². The van der Waals surface area contributed by atoms with Gasteiger partial charge in [-0.15, -0.1) is 0 Å². The van der Waals surface area contributed by atoms with E-state index in [-0.39, 0.29) is 5.56 Å². The third-order valence-corrected chi connectivity index (χ3v) is 4.71. The normalized spacial score (nSPS) is 15.7. The number of nitrogens with zero attached hydrogens (tertiary/aromatic N) is 1. The van der Waals surface area contributed by atoms with Gasteiger partial charge in [0.2, 0.25) is 6.17 Å². The number of aliphatic imine (C=N–C) groups is 1. The summed E-state index contributed by atoms with van der Waals surface area (Å²) in [4.78, 5) is 30.0. The Morgan fingerprint density at radius 2 is 1.61 bits per heavy atom. The van der Waals surface area contributed by atoms with Gasteiger partial charge < -0.3 is 10.6 Å². The van der Waals surface area contributed by atoms with Gasteiger partial charge in [-0.05, 0) is 18.2 Å². The van der Waals surface area contributed by atoms with E-state index in [0.29, 0.717) is 16.4 Å². The molecule has 0 fully saturated rings. The van der Waals surface area contributed by atoms with Gasteiger partial charge in [0.05, 0.1) is 22.0 Å². The van der Waals surface area contributed by atoms with Crippen LogP contribution in [0, 0.1) is 0 Å². The van der Waals surface area contributed by atoms with Crippen molar-refractivity contribution >= 4 is 34.8 Å². The fourth-order valence-electron chi connectivity index (χ4n) is 3.03. The van der Waals surface area contributed by atoms with Gasteiger partial charge in [0.1, 0.15) is 0 Å². The standard InChI is InChI=1S/C22H16ClN3O2/c23-17-12-6-4-10-15(17)21(27)26-20-22(28)24-18-13-7-5-11-16(18)19(25-20)14-8-2-1-3-9-14/h1-13,20H,(H,24,28)(H,26,27)/t20-/m1/s1. The van der Waals surface area contributed by atoms with Gasteiger partial charge in [-0.2, -0.15) is 0 Å². The van der Waals surface area contributed by atoms with E-state index in [4.69, 9.17) is 11.6 Å². The predicted octanol–water partition coefficient (Wildman–Crippen LogP) is 3.89. The summed E-state index contributed by atoms with van der Waals surface area (Å²) < 4.78 is 0. The number of nitrogens with one attached hydrogen (secondary N) is 2. The summed E-state index contributed by atoms with van der Waals surface area (Å²) in [5, 5.41) is 5.83. The first-order chi connectivity index (χ1) is 13.6. The molecular weight excluding hydrogens is 374 g/mol. The van der Waals surface area contributed by atoms with Crippen LogP contribution in [0.4, 0.5) is 5.69 Å². The largest absolute Gasteiger partial charge is 0.322 e. The molecule has 1 aliphatic rings. The Morgan fingerprint density at radius 1 is 0.929 bits per heavy atom. The number of anilines is 1. The lowest BCUT2D eigenvalue weighted by Crippen LogP contribution is -2.42. The minimum atomic E-state index is -1.09. The highest BCUT2D eigenvalue weighted by Gasteiger charge is 2.27. The van der Waals surface area contributed by atoms with Crippen molar-refractivity contribution in [2.45, 2.75) is 6.17 Å². The maximum absolute atomic E-state index is 12.7. The van der Waals surface area contributed by atoms with E-state index in [1.807, 2.05) is 54.6 Å². The minimum Gasteiger partial charge on any atom is -0.322 e. The predicted molar refractivity (Wildman–Crippen MR) is 110 cm³/mol. The first-order valence-electron chi connectivity index (χ1n) is 8.72. The number of hydrogen-bond acceptors (Lipinski definition) is 3. The van der Waals surface area contributed by atoms with Crippen LogP contribution in [0.25, 0.3) is 0 Å². The number of rotatable bonds is 3. The second-order valence-corrected chi connectivity index (χ2v) is 6.64. The summed E-state index contributed by atoms with van der Waals surface area (Å²) in [5.41, 5.74) is 3.19. The smallest absolute Gasteiger partial charge is 0.269 e. The Kier molecular flexibility index (Phi) is 4.91. The van der Waals surface area contributed by atoms with Gasteiger partial charge in [0.25, 0.3) is 11.8 Å². The molecule has 0 radical (unpaired) electrons. The third kappa shape index (κ3) is 3.52. The Bertz CT molecular complexity index is 1080. The summed E-state index contributed by atoms with van der Waals surface area (Å²) in [5.74, 6) is -0.883. The quantitative estimate of drug-likeness (QED) is 0.713. The molecule has 1 aliphatic heterocycles. The Morgan fingerprint density at radius 3 is 2.39 bits per heavy atom. The second-order valence-electron chi connectivity index (χ2n) is 6.23. The summed E-state index contributed by atoms with van der Waals surface area (Å²) >= 11 is 6.11. The number of para-hydroxylation sites is 1. The molecule has 0 aliphatic carbocycles. The molecule has 1 atom stereocenters. The van der Waals surface area contributed by atoms with E-state index in [1.165, 1.54) is 0 Å². The van der Waals surface area contributed by atoms with Crippen LogP contribution in [0.5, 0.6) is 0 Å². The monoisotopic (exact) mass is 389 g/mol. The average Bonchev–Trinajstić information content (AvgIpc) is 2.85. The molecule has 0 bridgehead atoms. The number of benzodiazepines with no additional fused rings is 1. The molecule has 2 N–H and O–H groups in total. The SMILES string of the molecule is O=C(N[C@H]1N=C(c2ccccc2)c2ccccc2NC1=O)c1ccccc1Cl. The van der Waals surface area contributed by atoms with E-state index in [2.05, 4.69) is 15.6 Å². The van der Waals surface area contributed by atoms with Gasteiger partial charge in [0, 0.05) is 11.1 Å². The van der Waals surface area contributed by atoms with Gasteiger partial charge in [-0.25, -0.2) is 4.99 Å². The number of halogens is 1. The van der Waals surface area contributed by atoms with Crippen LogP contribution >= 0.6 is 11.6 Å². The van der Waals surface area contributed by atoms with Gasteiger partial charge in [-0.1, -0.05) is 72.3 Å². The van der Waals surface area contributed by atoms with Gasteiger partial charge in [-0.3, -0.25) is 9.59 Å². The van der Waals surface area contributed by atoms with Crippen LogP contribution in [-0.4, -0.2) is 23.7 Å². The maximum Gasteiger partial charge on any atom is 0.269 e. The van der Waals surface area contributed by atoms with Crippen molar-refractivity contribution in [1.82, 2.24) is 5.32 Å². The first kappa shape index (κ1) is 17.9. The van der Waals surface area contributed by atoms with Crippen molar-refractivity contribution in [1.29, 1.82) is 0 Å². The van der Waals surface area contributed by atoms with Crippen molar-refractivity contribution in [2.75, 3.05) is 5.32 Å². The molecule has 6 heteroatoms. The molecule has 3 aromatic rings. The number of fused-ring (bicyclic) bond motifs is 1. The molecule has 2 amide bonds. The molecule has 4 rings (SSSR count). The molecule has 0 unspecified atom stereocenters. The van der Waals surface area contributed by atoms with Crippen LogP contribution in [0.1, 0.15) is 21.5 Å².